The molecule has 68 valence electrons. The molecule has 0 aliphatic carbocycles. The predicted molar refractivity (Wildman–Crippen MR) is 59.0 cm³/mol. The molecular weight excluding hydrogens is 251 g/mol. The Hall–Kier alpha value is 0.330. The second kappa shape index (κ2) is 8.43. The van der Waals surface area contributed by atoms with E-state index in [-0.39, 0.29) is 0 Å². The first kappa shape index (κ1) is 11.3. The maximum atomic E-state index is 6.78. The molecule has 1 N–H and O–H groups in total. The van der Waals surface area contributed by atoms with Gasteiger partial charge in [-0.15, -0.1) is 0 Å². The van der Waals surface area contributed by atoms with Gasteiger partial charge in [0.25, 0.3) is 0 Å². The molecule has 11 heavy (non-hydrogen) atoms. The summed E-state index contributed by atoms with van der Waals surface area (Å²) >= 11 is -0.761. The Morgan fingerprint density at radius 2 is 2.00 bits per heavy atom. The van der Waals surface area contributed by atoms with E-state index in [1.807, 2.05) is 0 Å². The minimum atomic E-state index is -0.761. The third-order valence-corrected chi connectivity index (χ3v) is 7.36. The molecule has 0 saturated carbocycles. The van der Waals surface area contributed by atoms with Crippen molar-refractivity contribution in [3.05, 3.63) is 0 Å². The molecule has 0 rings (SSSR count). The summed E-state index contributed by atoms with van der Waals surface area (Å²) in [4.78, 5) is 0. The summed E-state index contributed by atoms with van der Waals surface area (Å²) in [5, 5.41) is 3.51. The van der Waals surface area contributed by atoms with Crippen LogP contribution in [-0.4, -0.2) is 13.4 Å². The second-order valence-corrected chi connectivity index (χ2v) is 9.03. The van der Waals surface area contributed by atoms with Crippen molar-refractivity contribution < 1.29 is 0 Å². The van der Waals surface area contributed by atoms with Gasteiger partial charge >= 0.3 is 77.0 Å². The van der Waals surface area contributed by atoms with Crippen LogP contribution in [0.15, 0.2) is 5.11 Å². The number of rotatable bonds is 7. The number of nitrogens with one attached hydrogen (secondary N) is 1. The van der Waals surface area contributed by atoms with Crippen molar-refractivity contribution in [1.82, 2.24) is 0 Å². The van der Waals surface area contributed by atoms with Crippen molar-refractivity contribution in [3.63, 3.8) is 0 Å². The number of halogens is 1. The summed E-state index contributed by atoms with van der Waals surface area (Å²) in [5.74, 6) is 0. The van der Waals surface area contributed by atoms with Crippen LogP contribution in [0.1, 0.15) is 33.1 Å². The van der Waals surface area contributed by atoms with Gasteiger partial charge in [-0.1, -0.05) is 0 Å². The van der Waals surface area contributed by atoms with Crippen molar-refractivity contribution in [2.45, 2.75) is 33.1 Å². The number of alkyl halides is 3. The normalized spacial score (nSPS) is 11.3. The van der Waals surface area contributed by atoms with Crippen molar-refractivity contribution >= 4 is 19.8 Å². The van der Waals surface area contributed by atoms with Crippen LogP contribution in [0.3, 0.4) is 0 Å². The summed E-state index contributed by atoms with van der Waals surface area (Å²) in [6.07, 6.45) is 4.06. The van der Waals surface area contributed by atoms with Crippen molar-refractivity contribution in [1.29, 1.82) is 5.53 Å². The van der Waals surface area contributed by atoms with Gasteiger partial charge in [-0.2, -0.15) is 0 Å². The van der Waals surface area contributed by atoms with Crippen molar-refractivity contribution in [2.24, 2.45) is 5.11 Å². The molecular formula is C8H19IN2. The Kier molecular flexibility index (Phi) is 8.68. The summed E-state index contributed by atoms with van der Waals surface area (Å²) in [6.45, 7) is 4.49. The molecule has 0 unspecified atom stereocenters. The van der Waals surface area contributed by atoms with E-state index in [1.165, 1.54) is 28.1 Å². The van der Waals surface area contributed by atoms with E-state index >= 15 is 0 Å². The van der Waals surface area contributed by atoms with Crippen LogP contribution in [0, 0.1) is 5.53 Å². The van der Waals surface area contributed by atoms with Gasteiger partial charge < -0.3 is 0 Å². The number of hydrogen-bond donors (Lipinski definition) is 1. The Labute approximate surface area is 77.0 Å². The Morgan fingerprint density at radius 3 is 2.45 bits per heavy atom. The molecule has 0 spiro atoms. The first-order valence-corrected chi connectivity index (χ1v) is 8.83. The van der Waals surface area contributed by atoms with Gasteiger partial charge in [0.15, 0.2) is 0 Å². The SMILES string of the molecule is CCCCCI(CC)CN=N. The van der Waals surface area contributed by atoms with Crippen LogP contribution in [-0.2, 0) is 0 Å². The van der Waals surface area contributed by atoms with Gasteiger partial charge in [0.2, 0.25) is 0 Å². The zero-order valence-corrected chi connectivity index (χ0v) is 9.73. The molecule has 0 bridgehead atoms. The minimum absolute atomic E-state index is 0.761. The molecule has 0 atom stereocenters. The van der Waals surface area contributed by atoms with Gasteiger partial charge in [-0.25, -0.2) is 0 Å². The first-order chi connectivity index (χ1) is 5.35. The molecule has 3 heteroatoms. The molecule has 0 heterocycles. The van der Waals surface area contributed by atoms with Crippen molar-refractivity contribution in [3.8, 4) is 0 Å². The fourth-order valence-electron chi connectivity index (χ4n) is 0.896. The molecule has 0 aromatic heterocycles. The fraction of sp³-hybridized carbons (Fsp3) is 1.00. The second-order valence-electron chi connectivity index (χ2n) is 2.51. The van der Waals surface area contributed by atoms with Gasteiger partial charge in [0.05, 0.1) is 0 Å². The van der Waals surface area contributed by atoms with Gasteiger partial charge in [-0.3, -0.25) is 0 Å². The molecule has 0 aromatic carbocycles. The van der Waals surface area contributed by atoms with E-state index in [0.29, 0.717) is 0 Å². The number of hydrogen-bond acceptors (Lipinski definition) is 2. The van der Waals surface area contributed by atoms with E-state index in [0.717, 1.165) is 4.55 Å². The quantitative estimate of drug-likeness (QED) is 0.241. The Bertz CT molecular complexity index is 96.1. The van der Waals surface area contributed by atoms with E-state index in [2.05, 4.69) is 19.0 Å². The monoisotopic (exact) mass is 270 g/mol. The fourth-order valence-corrected chi connectivity index (χ4v) is 4.58. The number of nitrogens with zero attached hydrogens (tertiary/aromatic N) is 1. The van der Waals surface area contributed by atoms with Gasteiger partial charge in [0, 0.05) is 0 Å². The third kappa shape index (κ3) is 6.72. The average molecular weight is 270 g/mol. The predicted octanol–water partition coefficient (Wildman–Crippen LogP) is 3.69. The van der Waals surface area contributed by atoms with Gasteiger partial charge in [-0.05, 0) is 0 Å². The summed E-state index contributed by atoms with van der Waals surface area (Å²) < 4.78 is 3.64. The van der Waals surface area contributed by atoms with Crippen LogP contribution < -0.4 is 0 Å². The summed E-state index contributed by atoms with van der Waals surface area (Å²) in [7, 11) is 0. The average Bonchev–Trinajstić information content (AvgIpc) is 2.03. The topological polar surface area (TPSA) is 36.2 Å². The third-order valence-electron chi connectivity index (χ3n) is 1.61. The number of unbranched alkanes of at least 4 members (excludes halogenated alkanes) is 2. The van der Waals surface area contributed by atoms with Crippen molar-refractivity contribution in [2.75, 3.05) is 13.4 Å². The molecule has 2 nitrogen and oxygen atoms in total. The Morgan fingerprint density at radius 1 is 1.27 bits per heavy atom. The van der Waals surface area contributed by atoms with Crippen LogP contribution >= 0.6 is 19.8 Å². The van der Waals surface area contributed by atoms with E-state index in [1.54, 1.807) is 0 Å². The molecule has 0 saturated heterocycles. The van der Waals surface area contributed by atoms with Crippen LogP contribution in [0.25, 0.3) is 0 Å². The van der Waals surface area contributed by atoms with E-state index in [4.69, 9.17) is 5.53 Å². The summed E-state index contributed by atoms with van der Waals surface area (Å²) in [6, 6.07) is 0. The molecule has 0 amide bonds. The van der Waals surface area contributed by atoms with Crippen LogP contribution in [0.4, 0.5) is 0 Å². The van der Waals surface area contributed by atoms with Gasteiger partial charge in [0.1, 0.15) is 0 Å². The standard InChI is InChI=1S/C8H19IN2/c1-3-5-6-7-9(4-2)8-11-10/h10H,3-8H2,1-2H3. The molecule has 0 aliphatic rings. The zero-order valence-electron chi connectivity index (χ0n) is 7.57. The Balaban J connectivity index is 3.27. The molecule has 0 aliphatic heterocycles. The molecule has 0 radical (unpaired) electrons. The zero-order chi connectivity index (χ0) is 8.53. The first-order valence-electron chi connectivity index (χ1n) is 4.26. The molecule has 0 fully saturated rings. The van der Waals surface area contributed by atoms with Crippen LogP contribution in [0.2, 0.25) is 0 Å². The summed E-state index contributed by atoms with van der Waals surface area (Å²) in [5.41, 5.74) is 6.78. The van der Waals surface area contributed by atoms with Crippen LogP contribution in [0.5, 0.6) is 0 Å². The molecule has 0 aromatic rings. The maximum absolute atomic E-state index is 6.78. The van der Waals surface area contributed by atoms with E-state index in [9.17, 15) is 0 Å². The van der Waals surface area contributed by atoms with E-state index < -0.39 is 19.8 Å².